The number of aromatic nitrogens is 2. The molecule has 1 aromatic heterocycles. The molecule has 0 aliphatic carbocycles. The van der Waals surface area contributed by atoms with Gasteiger partial charge in [-0.1, -0.05) is 61.8 Å². The molecule has 1 saturated heterocycles. The summed E-state index contributed by atoms with van der Waals surface area (Å²) in [5.74, 6) is 0.109. The number of carbonyl (C=O) groups is 1. The molecular weight excluding hydrogens is 393 g/mol. The lowest BCUT2D eigenvalue weighted by molar-refractivity contribution is -0.117. The second-order valence-corrected chi connectivity index (χ2v) is 8.69. The van der Waals surface area contributed by atoms with E-state index in [1.165, 1.54) is 28.7 Å². The normalized spacial score (nSPS) is 17.2. The van der Waals surface area contributed by atoms with E-state index >= 15 is 0 Å². The van der Waals surface area contributed by atoms with Crippen LogP contribution < -0.4 is 4.90 Å². The second-order valence-electron chi connectivity index (χ2n) is 8.28. The fraction of sp³-hybridized carbons (Fsp3) is 0.318. The first-order chi connectivity index (χ1) is 13.7. The number of carbonyl (C=O) groups excluding carboxylic acids is 1. The molecule has 0 N–H and O–H groups in total. The van der Waals surface area contributed by atoms with Gasteiger partial charge in [-0.3, -0.25) is 4.79 Å². The summed E-state index contributed by atoms with van der Waals surface area (Å²) < 4.78 is 18.8. The molecule has 1 aliphatic rings. The minimum atomic E-state index is -0.444. The number of hydrogen-bond acceptors (Lipinski definition) is 4. The lowest BCUT2D eigenvalue weighted by Gasteiger charge is -2.18. The number of amides is 1. The maximum absolute atomic E-state index is 13.3. The third-order valence-electron chi connectivity index (χ3n) is 5.13. The zero-order valence-electron chi connectivity index (χ0n) is 16.4. The zero-order chi connectivity index (χ0) is 20.8. The molecule has 2 heterocycles. The second kappa shape index (κ2) is 7.26. The lowest BCUT2D eigenvalue weighted by Crippen LogP contribution is -2.24. The van der Waals surface area contributed by atoms with Crippen LogP contribution in [0.3, 0.4) is 0 Å². The van der Waals surface area contributed by atoms with Crippen LogP contribution in [0.1, 0.15) is 44.6 Å². The molecule has 1 amide bonds. The Bertz CT molecular complexity index is 1060. The number of benzene rings is 2. The minimum absolute atomic E-state index is 0.0657. The van der Waals surface area contributed by atoms with Crippen molar-refractivity contribution in [2.45, 2.75) is 38.5 Å². The van der Waals surface area contributed by atoms with Crippen LogP contribution in [0.15, 0.2) is 47.0 Å². The van der Waals surface area contributed by atoms with E-state index in [4.69, 9.17) is 16.1 Å². The van der Waals surface area contributed by atoms with Crippen molar-refractivity contribution in [1.29, 1.82) is 0 Å². The van der Waals surface area contributed by atoms with Gasteiger partial charge in [0.2, 0.25) is 17.6 Å². The monoisotopic (exact) mass is 413 g/mol. The Hall–Kier alpha value is -2.73. The van der Waals surface area contributed by atoms with Gasteiger partial charge in [0, 0.05) is 18.5 Å². The van der Waals surface area contributed by atoms with Gasteiger partial charge in [-0.05, 0) is 29.2 Å². The van der Waals surface area contributed by atoms with Crippen LogP contribution in [0.5, 0.6) is 0 Å². The predicted molar refractivity (Wildman–Crippen MR) is 110 cm³/mol. The van der Waals surface area contributed by atoms with E-state index in [0.29, 0.717) is 23.9 Å². The van der Waals surface area contributed by atoms with Gasteiger partial charge < -0.3 is 9.42 Å². The van der Waals surface area contributed by atoms with Gasteiger partial charge in [0.1, 0.15) is 5.82 Å². The number of rotatable bonds is 3. The largest absolute Gasteiger partial charge is 0.339 e. The van der Waals surface area contributed by atoms with Gasteiger partial charge >= 0.3 is 0 Å². The van der Waals surface area contributed by atoms with Gasteiger partial charge in [-0.25, -0.2) is 4.39 Å². The van der Waals surface area contributed by atoms with Crippen LogP contribution in [-0.2, 0) is 10.2 Å². The van der Waals surface area contributed by atoms with Crippen LogP contribution in [0, 0.1) is 5.82 Å². The van der Waals surface area contributed by atoms with E-state index in [2.05, 4.69) is 43.0 Å². The third-order valence-corrected chi connectivity index (χ3v) is 5.43. The molecule has 1 fully saturated rings. The Kier molecular flexibility index (Phi) is 4.90. The summed E-state index contributed by atoms with van der Waals surface area (Å²) in [5.41, 5.74) is 2.63. The van der Waals surface area contributed by atoms with Gasteiger partial charge in [0.15, 0.2) is 0 Å². The van der Waals surface area contributed by atoms with Crippen molar-refractivity contribution in [2.24, 2.45) is 0 Å². The van der Waals surface area contributed by atoms with Crippen LogP contribution in [0.4, 0.5) is 10.1 Å². The van der Waals surface area contributed by atoms with Gasteiger partial charge in [0.05, 0.1) is 16.6 Å². The van der Waals surface area contributed by atoms with Crippen molar-refractivity contribution >= 4 is 23.2 Å². The summed E-state index contributed by atoms with van der Waals surface area (Å²) >= 11 is 6.11. The van der Waals surface area contributed by atoms with Crippen molar-refractivity contribution in [3.05, 3.63) is 64.8 Å². The zero-order valence-corrected chi connectivity index (χ0v) is 17.2. The highest BCUT2D eigenvalue weighted by molar-refractivity contribution is 6.33. The van der Waals surface area contributed by atoms with E-state index in [0.717, 1.165) is 5.56 Å². The molecule has 0 spiro atoms. The first-order valence-corrected chi connectivity index (χ1v) is 9.80. The average molecular weight is 414 g/mol. The molecule has 7 heteroatoms. The average Bonchev–Trinajstić information content (AvgIpc) is 3.28. The Morgan fingerprint density at radius 3 is 2.55 bits per heavy atom. The van der Waals surface area contributed by atoms with E-state index in [-0.39, 0.29) is 28.7 Å². The SMILES string of the molecule is CC(C)(C)c1ccc(-c2noc(C3CC(=O)N(c4ccc(F)cc4Cl)C3)n2)cc1. The van der Waals surface area contributed by atoms with Crippen molar-refractivity contribution in [3.63, 3.8) is 0 Å². The van der Waals surface area contributed by atoms with Crippen LogP contribution in [0.25, 0.3) is 11.4 Å². The first-order valence-electron chi connectivity index (χ1n) is 9.42. The van der Waals surface area contributed by atoms with E-state index < -0.39 is 5.82 Å². The standard InChI is InChI=1S/C22H21ClFN3O2/c1-22(2,3)15-6-4-13(5-7-15)20-25-21(29-26-20)14-10-19(28)27(12-14)18-9-8-16(24)11-17(18)23/h4-9,11,14H,10,12H2,1-3H3. The Balaban J connectivity index is 1.53. The van der Waals surface area contributed by atoms with E-state index in [1.54, 1.807) is 0 Å². The molecule has 150 valence electrons. The minimum Gasteiger partial charge on any atom is -0.339 e. The molecule has 4 rings (SSSR count). The number of anilines is 1. The molecule has 0 radical (unpaired) electrons. The fourth-order valence-corrected chi connectivity index (χ4v) is 3.71. The van der Waals surface area contributed by atoms with Gasteiger partial charge in [-0.2, -0.15) is 4.98 Å². The number of hydrogen-bond donors (Lipinski definition) is 0. The highest BCUT2D eigenvalue weighted by Crippen LogP contribution is 2.35. The quantitative estimate of drug-likeness (QED) is 0.581. The van der Waals surface area contributed by atoms with E-state index in [9.17, 15) is 9.18 Å². The third kappa shape index (κ3) is 3.90. The van der Waals surface area contributed by atoms with Crippen molar-refractivity contribution < 1.29 is 13.7 Å². The molecule has 0 saturated carbocycles. The summed E-state index contributed by atoms with van der Waals surface area (Å²) in [6, 6.07) is 12.1. The highest BCUT2D eigenvalue weighted by atomic mass is 35.5. The number of halogens is 2. The molecule has 1 unspecified atom stereocenters. The summed E-state index contributed by atoms with van der Waals surface area (Å²) in [6.45, 7) is 6.83. The lowest BCUT2D eigenvalue weighted by atomic mass is 9.87. The highest BCUT2D eigenvalue weighted by Gasteiger charge is 2.36. The Labute approximate surface area is 173 Å². The number of nitrogens with zero attached hydrogens (tertiary/aromatic N) is 3. The molecule has 5 nitrogen and oxygen atoms in total. The van der Waals surface area contributed by atoms with Crippen LogP contribution in [0.2, 0.25) is 5.02 Å². The van der Waals surface area contributed by atoms with Gasteiger partial charge in [-0.15, -0.1) is 0 Å². The van der Waals surface area contributed by atoms with Crippen molar-refractivity contribution in [2.75, 3.05) is 11.4 Å². The predicted octanol–water partition coefficient (Wildman–Crippen LogP) is 5.35. The summed E-state index contributed by atoms with van der Waals surface area (Å²) in [6.07, 6.45) is 0.234. The fourth-order valence-electron chi connectivity index (χ4n) is 3.44. The maximum atomic E-state index is 13.3. The topological polar surface area (TPSA) is 59.2 Å². The molecule has 3 aromatic rings. The smallest absolute Gasteiger partial charge is 0.232 e. The molecule has 1 atom stereocenters. The molecule has 2 aromatic carbocycles. The summed E-state index contributed by atoms with van der Waals surface area (Å²) in [5, 5.41) is 4.28. The van der Waals surface area contributed by atoms with Crippen LogP contribution >= 0.6 is 11.6 Å². The molecule has 29 heavy (non-hydrogen) atoms. The Morgan fingerprint density at radius 2 is 1.90 bits per heavy atom. The maximum Gasteiger partial charge on any atom is 0.232 e. The van der Waals surface area contributed by atoms with E-state index in [1.807, 2.05) is 12.1 Å². The molecule has 1 aliphatic heterocycles. The van der Waals surface area contributed by atoms with Crippen molar-refractivity contribution in [1.82, 2.24) is 10.1 Å². The molecule has 0 bridgehead atoms. The van der Waals surface area contributed by atoms with Crippen molar-refractivity contribution in [3.8, 4) is 11.4 Å². The van der Waals surface area contributed by atoms with Gasteiger partial charge in [0.25, 0.3) is 0 Å². The first kappa shape index (κ1) is 19.6. The Morgan fingerprint density at radius 1 is 1.17 bits per heavy atom. The molecular formula is C22H21ClFN3O2. The van der Waals surface area contributed by atoms with Crippen LogP contribution in [-0.4, -0.2) is 22.6 Å². The summed E-state index contributed by atoms with van der Waals surface area (Å²) in [7, 11) is 0. The summed E-state index contributed by atoms with van der Waals surface area (Å²) in [4.78, 5) is 18.5.